The van der Waals surface area contributed by atoms with E-state index in [9.17, 15) is 22.8 Å². The third-order valence-electron chi connectivity index (χ3n) is 5.18. The summed E-state index contributed by atoms with van der Waals surface area (Å²) < 4.78 is 26.6. The monoisotopic (exact) mass is 422 g/mol. The van der Waals surface area contributed by atoms with E-state index in [1.54, 1.807) is 24.1 Å². The highest BCUT2D eigenvalue weighted by Crippen LogP contribution is 2.15. The van der Waals surface area contributed by atoms with Gasteiger partial charge in [-0.2, -0.15) is 4.31 Å². The number of sulfonamides is 1. The molecule has 0 radical (unpaired) electrons. The number of urea groups is 1. The van der Waals surface area contributed by atoms with E-state index in [1.165, 1.54) is 14.1 Å². The molecule has 0 spiro atoms. The Morgan fingerprint density at radius 3 is 2.28 bits per heavy atom. The molecule has 2 saturated heterocycles. The summed E-state index contributed by atoms with van der Waals surface area (Å²) >= 11 is 0. The minimum Gasteiger partial charge on any atom is -0.340 e. The van der Waals surface area contributed by atoms with Crippen molar-refractivity contribution < 1.29 is 22.8 Å². The molecule has 158 valence electrons. The Morgan fingerprint density at radius 2 is 1.69 bits per heavy atom. The van der Waals surface area contributed by atoms with Crippen LogP contribution in [0.2, 0.25) is 0 Å². The molecule has 2 aliphatic rings. The number of likely N-dealkylation sites (N-methyl/N-ethyl adjacent to an activating group) is 1. The van der Waals surface area contributed by atoms with Crippen LogP contribution in [-0.2, 0) is 25.4 Å². The molecule has 1 aromatic carbocycles. The molecular formula is C19H26N4O5S. The highest BCUT2D eigenvalue weighted by molar-refractivity contribution is 7.88. The zero-order chi connectivity index (χ0) is 21.0. The van der Waals surface area contributed by atoms with Gasteiger partial charge in [0.05, 0.1) is 5.75 Å². The Balaban J connectivity index is 1.43. The van der Waals surface area contributed by atoms with Crippen molar-refractivity contribution >= 4 is 27.9 Å². The lowest BCUT2D eigenvalue weighted by Gasteiger charge is -2.34. The average molecular weight is 423 g/mol. The van der Waals surface area contributed by atoms with E-state index < -0.39 is 10.0 Å². The molecule has 0 atom stereocenters. The number of benzene rings is 1. The summed E-state index contributed by atoms with van der Waals surface area (Å²) in [7, 11) is -1.86. The summed E-state index contributed by atoms with van der Waals surface area (Å²) in [6, 6.07) is 8.69. The van der Waals surface area contributed by atoms with Crippen molar-refractivity contribution in [3.63, 3.8) is 0 Å². The Kier molecular flexibility index (Phi) is 6.53. The number of piperazine rings is 1. The number of amides is 4. The number of imide groups is 1. The van der Waals surface area contributed by atoms with E-state index >= 15 is 0 Å². The fraction of sp³-hybridized carbons (Fsp3) is 0.526. The third kappa shape index (κ3) is 5.13. The topological polar surface area (TPSA) is 98.3 Å². The van der Waals surface area contributed by atoms with Crippen LogP contribution in [0.5, 0.6) is 0 Å². The Bertz CT molecular complexity index is 866. The quantitative estimate of drug-likeness (QED) is 0.590. The molecular weight excluding hydrogens is 396 g/mol. The molecule has 0 bridgehead atoms. The van der Waals surface area contributed by atoms with Gasteiger partial charge in [0, 0.05) is 46.2 Å². The van der Waals surface area contributed by atoms with Crippen molar-refractivity contribution in [1.82, 2.24) is 19.0 Å². The van der Waals surface area contributed by atoms with Gasteiger partial charge in [-0.3, -0.25) is 14.5 Å². The number of rotatable bonds is 7. The third-order valence-corrected chi connectivity index (χ3v) is 7.03. The van der Waals surface area contributed by atoms with Crippen LogP contribution in [-0.4, -0.2) is 91.6 Å². The van der Waals surface area contributed by atoms with Gasteiger partial charge in [0.2, 0.25) is 21.8 Å². The van der Waals surface area contributed by atoms with Crippen molar-refractivity contribution in [2.75, 3.05) is 46.3 Å². The van der Waals surface area contributed by atoms with Crippen LogP contribution in [0.1, 0.15) is 18.4 Å². The fourth-order valence-corrected chi connectivity index (χ4v) is 5.04. The fourth-order valence-electron chi connectivity index (χ4n) is 3.53. The van der Waals surface area contributed by atoms with Crippen LogP contribution < -0.4 is 0 Å². The van der Waals surface area contributed by atoms with Gasteiger partial charge < -0.3 is 9.80 Å². The summed E-state index contributed by atoms with van der Waals surface area (Å²) in [6.07, 6.45) is 0.619. The molecule has 0 saturated carbocycles. The minimum atomic E-state index is -3.42. The number of hydrogen-bond acceptors (Lipinski definition) is 5. The first kappa shape index (κ1) is 21.3. The van der Waals surface area contributed by atoms with Gasteiger partial charge in [-0.1, -0.05) is 30.3 Å². The van der Waals surface area contributed by atoms with Crippen molar-refractivity contribution in [2.24, 2.45) is 0 Å². The summed E-state index contributed by atoms with van der Waals surface area (Å²) in [5, 5.41) is 0. The summed E-state index contributed by atoms with van der Waals surface area (Å²) in [5.41, 5.74) is 0.739. The highest BCUT2D eigenvalue weighted by Gasteiger charge is 2.33. The second-order valence-corrected chi connectivity index (χ2v) is 9.28. The van der Waals surface area contributed by atoms with Crippen LogP contribution in [0.4, 0.5) is 4.79 Å². The molecule has 29 heavy (non-hydrogen) atoms. The zero-order valence-electron chi connectivity index (χ0n) is 16.5. The van der Waals surface area contributed by atoms with Gasteiger partial charge in [0.25, 0.3) is 0 Å². The van der Waals surface area contributed by atoms with Crippen LogP contribution >= 0.6 is 0 Å². The molecule has 9 nitrogen and oxygen atoms in total. The predicted octanol–water partition coefficient (Wildman–Crippen LogP) is 0.335. The average Bonchev–Trinajstić information content (AvgIpc) is 2.94. The van der Waals surface area contributed by atoms with Gasteiger partial charge >= 0.3 is 6.03 Å². The Hall–Kier alpha value is -2.46. The van der Waals surface area contributed by atoms with Crippen LogP contribution in [0.15, 0.2) is 30.3 Å². The second-order valence-electron chi connectivity index (χ2n) is 7.31. The number of carbonyl (C=O) groups excluding carboxylic acids is 3. The van der Waals surface area contributed by atoms with Crippen LogP contribution in [0.3, 0.4) is 0 Å². The molecule has 0 unspecified atom stereocenters. The van der Waals surface area contributed by atoms with E-state index in [4.69, 9.17) is 0 Å². The molecule has 4 amide bonds. The van der Waals surface area contributed by atoms with Crippen molar-refractivity contribution in [3.8, 4) is 0 Å². The maximum Gasteiger partial charge on any atom is 0.326 e. The summed E-state index contributed by atoms with van der Waals surface area (Å²) in [5.74, 6) is -0.381. The predicted molar refractivity (Wildman–Crippen MR) is 106 cm³/mol. The first-order valence-corrected chi connectivity index (χ1v) is 11.2. The lowest BCUT2D eigenvalue weighted by Crippen LogP contribution is -2.50. The van der Waals surface area contributed by atoms with Crippen LogP contribution in [0, 0.1) is 0 Å². The maximum atomic E-state index is 12.6. The molecule has 0 aliphatic carbocycles. The van der Waals surface area contributed by atoms with E-state index in [2.05, 4.69) is 0 Å². The standard InChI is InChI=1S/C19H26N4O5S/c1-20-14-18(25)23(19(20)26)9-5-8-17(24)21-10-12-22(13-11-21)29(27,28)15-16-6-3-2-4-7-16/h2-4,6-7H,5,8-15H2,1H3. The molecule has 0 aromatic heterocycles. The maximum absolute atomic E-state index is 12.6. The molecule has 2 heterocycles. The molecule has 1 aromatic rings. The number of nitrogens with zero attached hydrogens (tertiary/aromatic N) is 4. The van der Waals surface area contributed by atoms with E-state index in [1.807, 2.05) is 18.2 Å². The zero-order valence-corrected chi connectivity index (χ0v) is 17.3. The van der Waals surface area contributed by atoms with Gasteiger partial charge in [-0.05, 0) is 12.0 Å². The first-order chi connectivity index (χ1) is 13.8. The molecule has 2 fully saturated rings. The van der Waals surface area contributed by atoms with E-state index in [0.29, 0.717) is 19.5 Å². The van der Waals surface area contributed by atoms with E-state index in [0.717, 1.165) is 5.56 Å². The summed E-state index contributed by atoms with van der Waals surface area (Å²) in [4.78, 5) is 40.1. The molecule has 0 N–H and O–H groups in total. The van der Waals surface area contributed by atoms with Crippen LogP contribution in [0.25, 0.3) is 0 Å². The minimum absolute atomic E-state index is 0.0475. The SMILES string of the molecule is CN1CC(=O)N(CCCC(=O)N2CCN(S(=O)(=O)Cc3ccccc3)CC2)C1=O. The Morgan fingerprint density at radius 1 is 1.03 bits per heavy atom. The van der Waals surface area contributed by atoms with Crippen molar-refractivity contribution in [3.05, 3.63) is 35.9 Å². The summed E-state index contributed by atoms with van der Waals surface area (Å²) in [6.45, 7) is 1.53. The number of hydrogen-bond donors (Lipinski definition) is 0. The Labute approximate surface area is 170 Å². The largest absolute Gasteiger partial charge is 0.340 e. The van der Waals surface area contributed by atoms with Gasteiger partial charge in [-0.15, -0.1) is 0 Å². The highest BCUT2D eigenvalue weighted by atomic mass is 32.2. The van der Waals surface area contributed by atoms with Gasteiger partial charge in [0.15, 0.2) is 0 Å². The lowest BCUT2D eigenvalue weighted by atomic mass is 10.2. The normalized spacial score (nSPS) is 18.6. The molecule has 3 rings (SSSR count). The smallest absolute Gasteiger partial charge is 0.326 e. The molecule has 10 heteroatoms. The van der Waals surface area contributed by atoms with Gasteiger partial charge in [-0.25, -0.2) is 13.2 Å². The van der Waals surface area contributed by atoms with E-state index in [-0.39, 0.29) is 56.2 Å². The van der Waals surface area contributed by atoms with Gasteiger partial charge in [0.1, 0.15) is 6.54 Å². The lowest BCUT2D eigenvalue weighted by molar-refractivity contribution is -0.133. The van der Waals surface area contributed by atoms with Crippen molar-refractivity contribution in [1.29, 1.82) is 0 Å². The van der Waals surface area contributed by atoms with Crippen molar-refractivity contribution in [2.45, 2.75) is 18.6 Å². The molecule has 2 aliphatic heterocycles. The second kappa shape index (κ2) is 8.91. The first-order valence-electron chi connectivity index (χ1n) is 9.63. The number of carbonyl (C=O) groups is 3.